The van der Waals surface area contributed by atoms with Gasteiger partial charge in [0.05, 0.1) is 0 Å². The Balaban J connectivity index is 2.41. The zero-order chi connectivity index (χ0) is 8.49. The summed E-state index contributed by atoms with van der Waals surface area (Å²) in [5.74, 6) is 0. The maximum atomic E-state index is 3.13. The third kappa shape index (κ3) is 4.73. The maximum absolute atomic E-state index is 3.13. The molecule has 0 unspecified atom stereocenters. The fourth-order valence-electron chi connectivity index (χ4n) is 1.03. The van der Waals surface area contributed by atoms with Gasteiger partial charge in [0.15, 0.2) is 0 Å². The van der Waals surface area contributed by atoms with Crippen LogP contribution in [0.5, 0.6) is 0 Å². The molecule has 12 heavy (non-hydrogen) atoms. The average Bonchev–Trinajstić information content (AvgIpc) is 2.05. The lowest BCUT2D eigenvalue weighted by Gasteiger charge is -1.87. The topological polar surface area (TPSA) is 0 Å². The van der Waals surface area contributed by atoms with Gasteiger partial charge < -0.3 is 0 Å². The fourth-order valence-corrected chi connectivity index (χ4v) is 1.03. The third-order valence-corrected chi connectivity index (χ3v) is 1.69. The van der Waals surface area contributed by atoms with Gasteiger partial charge in [0.25, 0.3) is 0 Å². The lowest BCUT2D eigenvalue weighted by molar-refractivity contribution is 1.04. The van der Waals surface area contributed by atoms with Crippen molar-refractivity contribution in [2.45, 2.75) is 25.7 Å². The third-order valence-electron chi connectivity index (χ3n) is 1.69. The zero-order valence-corrected chi connectivity index (χ0v) is 7.37. The van der Waals surface area contributed by atoms with Gasteiger partial charge in [0, 0.05) is 0 Å². The average molecular weight is 159 g/mol. The minimum atomic E-state index is 1.02. The van der Waals surface area contributed by atoms with Crippen molar-refractivity contribution in [2.24, 2.45) is 0 Å². The number of hydrogen-bond donors (Lipinski definition) is 0. The molecule has 0 aromatic carbocycles. The Morgan fingerprint density at radius 1 is 0.750 bits per heavy atom. The molecule has 0 saturated heterocycles. The van der Waals surface area contributed by atoms with E-state index in [-0.39, 0.29) is 0 Å². The Labute approximate surface area is 75.0 Å². The summed E-state index contributed by atoms with van der Waals surface area (Å²) < 4.78 is 0. The van der Waals surface area contributed by atoms with Gasteiger partial charge in [-0.15, -0.1) is 0 Å². The van der Waals surface area contributed by atoms with Crippen LogP contribution in [0.1, 0.15) is 25.7 Å². The summed E-state index contributed by atoms with van der Waals surface area (Å²) in [5, 5.41) is 0. The summed E-state index contributed by atoms with van der Waals surface area (Å²) in [6, 6.07) is 0. The van der Waals surface area contributed by atoms with Crippen LogP contribution >= 0.6 is 0 Å². The molecule has 0 amide bonds. The van der Waals surface area contributed by atoms with Crippen LogP contribution in [0, 0.1) is 6.08 Å². The summed E-state index contributed by atoms with van der Waals surface area (Å²) >= 11 is 0. The highest BCUT2D eigenvalue weighted by Gasteiger charge is 1.78. The summed E-state index contributed by atoms with van der Waals surface area (Å²) in [6.07, 6.45) is 22.5. The molecule has 0 spiro atoms. The predicted octanol–water partition coefficient (Wildman–Crippen LogP) is 3.59. The molecule has 0 saturated carbocycles. The number of rotatable bonds is 0. The lowest BCUT2D eigenvalue weighted by Crippen LogP contribution is -1.67. The molecule has 0 heteroatoms. The van der Waals surface area contributed by atoms with E-state index in [2.05, 4.69) is 42.5 Å². The first-order chi connectivity index (χ1) is 6.00. The molecule has 0 aliphatic heterocycles. The van der Waals surface area contributed by atoms with E-state index in [4.69, 9.17) is 0 Å². The van der Waals surface area contributed by atoms with E-state index < -0.39 is 0 Å². The Hall–Kier alpha value is -1.04. The molecular formula is C12H15. The van der Waals surface area contributed by atoms with Crippen molar-refractivity contribution in [1.29, 1.82) is 0 Å². The van der Waals surface area contributed by atoms with Crippen LogP contribution in [0.25, 0.3) is 0 Å². The summed E-state index contributed by atoms with van der Waals surface area (Å²) in [5.41, 5.74) is 0. The van der Waals surface area contributed by atoms with Gasteiger partial charge in [0.2, 0.25) is 0 Å². The molecular weight excluding hydrogens is 144 g/mol. The Bertz CT molecular complexity index is 204. The second kappa shape index (κ2) is 6.66. The van der Waals surface area contributed by atoms with Crippen molar-refractivity contribution in [2.75, 3.05) is 0 Å². The van der Waals surface area contributed by atoms with Gasteiger partial charge >= 0.3 is 0 Å². The molecule has 0 fully saturated rings. The minimum Gasteiger partial charge on any atom is -0.0879 e. The molecule has 0 aromatic rings. The van der Waals surface area contributed by atoms with E-state index in [1.165, 1.54) is 0 Å². The quantitative estimate of drug-likeness (QED) is 0.474. The van der Waals surface area contributed by atoms with E-state index in [1.807, 2.05) is 6.08 Å². The molecule has 0 bridgehead atoms. The van der Waals surface area contributed by atoms with E-state index >= 15 is 0 Å². The van der Waals surface area contributed by atoms with E-state index in [1.54, 1.807) is 0 Å². The minimum absolute atomic E-state index is 1.02. The van der Waals surface area contributed by atoms with E-state index in [0.717, 1.165) is 25.7 Å². The predicted molar refractivity (Wildman–Crippen MR) is 53.7 cm³/mol. The fraction of sp³-hybridized carbons (Fsp3) is 0.333. The Morgan fingerprint density at radius 3 is 2.42 bits per heavy atom. The van der Waals surface area contributed by atoms with Crippen LogP contribution in [0.15, 0.2) is 42.5 Å². The molecule has 63 valence electrons. The first-order valence-corrected chi connectivity index (χ1v) is 4.53. The molecule has 0 atom stereocenters. The smallest absolute Gasteiger partial charge is 0.0166 e. The van der Waals surface area contributed by atoms with Crippen molar-refractivity contribution in [3.8, 4) is 0 Å². The van der Waals surface area contributed by atoms with Gasteiger partial charge in [0.1, 0.15) is 0 Å². The monoisotopic (exact) mass is 159 g/mol. The van der Waals surface area contributed by atoms with Crippen LogP contribution in [0.2, 0.25) is 0 Å². The van der Waals surface area contributed by atoms with Gasteiger partial charge in [-0.2, -0.15) is 0 Å². The Morgan fingerprint density at radius 2 is 1.50 bits per heavy atom. The van der Waals surface area contributed by atoms with E-state index in [0.29, 0.717) is 0 Å². The van der Waals surface area contributed by atoms with Crippen molar-refractivity contribution in [3.05, 3.63) is 48.6 Å². The molecule has 1 radical (unpaired) electrons. The lowest BCUT2D eigenvalue weighted by atomic mass is 10.2. The van der Waals surface area contributed by atoms with Gasteiger partial charge in [-0.25, -0.2) is 0 Å². The van der Waals surface area contributed by atoms with Crippen molar-refractivity contribution < 1.29 is 0 Å². The standard InChI is InChI=1S/C12H15/c1-2-4-6-8-10-12-11-9-7-5-3-1/h1-2,5-8,12H,3-4,9,11H2/b2-1-,7-5+,8-6-,12-10?. The zero-order valence-electron chi connectivity index (χ0n) is 7.37. The van der Waals surface area contributed by atoms with Crippen LogP contribution in [0.4, 0.5) is 0 Å². The normalized spacial score (nSPS) is 29.3. The van der Waals surface area contributed by atoms with Gasteiger partial charge in [-0.05, 0) is 31.8 Å². The molecule has 0 aromatic heterocycles. The SMILES string of the molecule is [C]1=C/CC/C=C/C/C=C\C\C=C/1. The van der Waals surface area contributed by atoms with Crippen LogP contribution in [-0.2, 0) is 0 Å². The van der Waals surface area contributed by atoms with E-state index in [9.17, 15) is 0 Å². The molecule has 1 aliphatic rings. The second-order valence-electron chi connectivity index (χ2n) is 2.76. The Kier molecular flexibility index (Phi) is 5.02. The first kappa shape index (κ1) is 9.05. The molecule has 0 N–H and O–H groups in total. The molecule has 1 aliphatic carbocycles. The van der Waals surface area contributed by atoms with Crippen LogP contribution < -0.4 is 0 Å². The van der Waals surface area contributed by atoms with Crippen LogP contribution in [-0.4, -0.2) is 0 Å². The van der Waals surface area contributed by atoms with Crippen molar-refractivity contribution in [3.63, 3.8) is 0 Å². The highest BCUT2D eigenvalue weighted by atomic mass is 13.8. The van der Waals surface area contributed by atoms with Gasteiger partial charge in [-0.3, -0.25) is 0 Å². The van der Waals surface area contributed by atoms with Crippen molar-refractivity contribution in [1.82, 2.24) is 0 Å². The summed E-state index contributed by atoms with van der Waals surface area (Å²) in [7, 11) is 0. The molecule has 1 rings (SSSR count). The highest BCUT2D eigenvalue weighted by molar-refractivity contribution is 5.02. The molecule has 0 heterocycles. The number of hydrogen-bond acceptors (Lipinski definition) is 0. The number of allylic oxidation sites excluding steroid dienone is 8. The van der Waals surface area contributed by atoms with Gasteiger partial charge in [-0.1, -0.05) is 42.5 Å². The maximum Gasteiger partial charge on any atom is -0.0166 e. The summed E-state index contributed by atoms with van der Waals surface area (Å²) in [4.78, 5) is 0. The second-order valence-corrected chi connectivity index (χ2v) is 2.76. The van der Waals surface area contributed by atoms with Crippen LogP contribution in [0.3, 0.4) is 0 Å². The largest absolute Gasteiger partial charge is 0.0879 e. The van der Waals surface area contributed by atoms with Crippen molar-refractivity contribution >= 4 is 0 Å². The highest BCUT2D eigenvalue weighted by Crippen LogP contribution is 1.98. The summed E-state index contributed by atoms with van der Waals surface area (Å²) in [6.45, 7) is 0. The first-order valence-electron chi connectivity index (χ1n) is 4.53. The molecule has 0 nitrogen and oxygen atoms in total.